The molecule has 24 heavy (non-hydrogen) atoms. The summed E-state index contributed by atoms with van der Waals surface area (Å²) in [5, 5.41) is 0. The molecule has 4 heteroatoms. The van der Waals surface area contributed by atoms with Crippen molar-refractivity contribution < 1.29 is 14.3 Å². The molecule has 1 saturated heterocycles. The highest BCUT2D eigenvalue weighted by molar-refractivity contribution is 5.68. The van der Waals surface area contributed by atoms with E-state index in [0.717, 1.165) is 19.1 Å². The first-order valence-corrected chi connectivity index (χ1v) is 9.00. The second kappa shape index (κ2) is 6.68. The summed E-state index contributed by atoms with van der Waals surface area (Å²) in [6.07, 6.45) is 2.52. The molecule has 1 fully saturated rings. The van der Waals surface area contributed by atoms with Crippen LogP contribution in [0.3, 0.4) is 0 Å². The van der Waals surface area contributed by atoms with Crippen LogP contribution in [0.2, 0.25) is 0 Å². The topological polar surface area (TPSA) is 46.6 Å². The third kappa shape index (κ3) is 6.10. The maximum Gasteiger partial charge on any atom is 0.410 e. The molecule has 1 unspecified atom stereocenters. The molecule has 1 rings (SSSR count). The quantitative estimate of drug-likeness (QED) is 0.638. The van der Waals surface area contributed by atoms with Crippen molar-refractivity contribution in [3.63, 3.8) is 0 Å². The van der Waals surface area contributed by atoms with Gasteiger partial charge in [0.25, 0.3) is 0 Å². The standard InChI is InChI=1S/C20H37NO3/c1-17(2,3)24-16(23)21-13-18(4,5)10-15(11-22)20(8,9)12-19(6,7)14-21/h11,15H,10,12-14H2,1-9H3. The monoisotopic (exact) mass is 339 g/mol. The van der Waals surface area contributed by atoms with Gasteiger partial charge in [0, 0.05) is 19.0 Å². The fourth-order valence-electron chi connectivity index (χ4n) is 4.13. The predicted molar refractivity (Wildman–Crippen MR) is 97.9 cm³/mol. The first-order valence-electron chi connectivity index (χ1n) is 9.00. The second-order valence-electron chi connectivity index (χ2n) is 10.8. The maximum atomic E-state index is 12.7. The van der Waals surface area contributed by atoms with Crippen molar-refractivity contribution in [3.8, 4) is 0 Å². The van der Waals surface area contributed by atoms with Gasteiger partial charge in [0.2, 0.25) is 0 Å². The highest BCUT2D eigenvalue weighted by atomic mass is 16.6. The van der Waals surface area contributed by atoms with Crippen LogP contribution in [0.15, 0.2) is 0 Å². The highest BCUT2D eigenvalue weighted by Crippen LogP contribution is 2.45. The van der Waals surface area contributed by atoms with Gasteiger partial charge in [-0.2, -0.15) is 0 Å². The largest absolute Gasteiger partial charge is 0.444 e. The Kier molecular flexibility index (Phi) is 5.84. The van der Waals surface area contributed by atoms with E-state index >= 15 is 0 Å². The van der Waals surface area contributed by atoms with Gasteiger partial charge in [-0.05, 0) is 49.9 Å². The number of hydrogen-bond donors (Lipinski definition) is 0. The number of carbonyl (C=O) groups excluding carboxylic acids is 2. The number of amides is 1. The van der Waals surface area contributed by atoms with Crippen LogP contribution in [0.4, 0.5) is 4.79 Å². The van der Waals surface area contributed by atoms with Crippen molar-refractivity contribution >= 4 is 12.4 Å². The lowest BCUT2D eigenvalue weighted by Gasteiger charge is -2.39. The Labute approximate surface area is 148 Å². The van der Waals surface area contributed by atoms with Gasteiger partial charge in [-0.3, -0.25) is 0 Å². The van der Waals surface area contributed by atoms with Crippen molar-refractivity contribution in [2.45, 2.75) is 80.8 Å². The lowest BCUT2D eigenvalue weighted by Crippen LogP contribution is -2.45. The van der Waals surface area contributed by atoms with Crippen LogP contribution < -0.4 is 0 Å². The summed E-state index contributed by atoms with van der Waals surface area (Å²) in [6.45, 7) is 19.9. The zero-order valence-corrected chi connectivity index (χ0v) is 17.2. The Morgan fingerprint density at radius 3 is 2.00 bits per heavy atom. The molecule has 4 nitrogen and oxygen atoms in total. The van der Waals surface area contributed by atoms with E-state index in [4.69, 9.17) is 4.74 Å². The molecule has 0 aliphatic carbocycles. The zero-order valence-electron chi connectivity index (χ0n) is 17.2. The van der Waals surface area contributed by atoms with E-state index in [-0.39, 0.29) is 28.3 Å². The molecule has 1 atom stereocenters. The first kappa shape index (κ1) is 21.0. The zero-order chi connectivity index (χ0) is 19.0. The van der Waals surface area contributed by atoms with Crippen LogP contribution in [-0.4, -0.2) is 36.0 Å². The Hall–Kier alpha value is -1.06. The van der Waals surface area contributed by atoms with Gasteiger partial charge in [0.1, 0.15) is 11.9 Å². The Morgan fingerprint density at radius 1 is 1.04 bits per heavy atom. The van der Waals surface area contributed by atoms with Crippen LogP contribution in [0.5, 0.6) is 0 Å². The molecule has 0 bridgehead atoms. The first-order chi connectivity index (χ1) is 10.6. The van der Waals surface area contributed by atoms with Crippen LogP contribution in [-0.2, 0) is 9.53 Å². The van der Waals surface area contributed by atoms with Crippen LogP contribution in [0.1, 0.15) is 75.2 Å². The highest BCUT2D eigenvalue weighted by Gasteiger charge is 2.43. The van der Waals surface area contributed by atoms with Gasteiger partial charge in [-0.15, -0.1) is 0 Å². The second-order valence-corrected chi connectivity index (χ2v) is 10.8. The van der Waals surface area contributed by atoms with Crippen molar-refractivity contribution in [2.24, 2.45) is 22.2 Å². The molecule has 0 N–H and O–H groups in total. The number of aldehydes is 1. The van der Waals surface area contributed by atoms with E-state index in [1.165, 1.54) is 0 Å². The van der Waals surface area contributed by atoms with Gasteiger partial charge >= 0.3 is 6.09 Å². The average molecular weight is 340 g/mol. The molecule has 0 saturated carbocycles. The van der Waals surface area contributed by atoms with E-state index in [2.05, 4.69) is 41.5 Å². The maximum absolute atomic E-state index is 12.7. The Balaban J connectivity index is 3.18. The number of rotatable bonds is 1. The molecule has 0 radical (unpaired) electrons. The third-order valence-corrected chi connectivity index (χ3v) is 4.76. The molecule has 1 aliphatic heterocycles. The number of nitrogens with zero attached hydrogens (tertiary/aromatic N) is 1. The van der Waals surface area contributed by atoms with Crippen LogP contribution in [0, 0.1) is 22.2 Å². The number of hydrogen-bond acceptors (Lipinski definition) is 3. The minimum absolute atomic E-state index is 0.00892. The smallest absolute Gasteiger partial charge is 0.410 e. The Morgan fingerprint density at radius 2 is 1.54 bits per heavy atom. The van der Waals surface area contributed by atoms with Crippen molar-refractivity contribution in [1.82, 2.24) is 4.90 Å². The van der Waals surface area contributed by atoms with Crippen LogP contribution >= 0.6 is 0 Å². The summed E-state index contributed by atoms with van der Waals surface area (Å²) in [6, 6.07) is 0. The van der Waals surface area contributed by atoms with E-state index in [1.807, 2.05) is 25.7 Å². The van der Waals surface area contributed by atoms with Gasteiger partial charge in [0.15, 0.2) is 0 Å². The number of ether oxygens (including phenoxy) is 1. The average Bonchev–Trinajstić information content (AvgIpc) is 2.32. The minimum atomic E-state index is -0.506. The molecule has 1 amide bonds. The van der Waals surface area contributed by atoms with E-state index in [1.54, 1.807) is 0 Å². The van der Waals surface area contributed by atoms with E-state index < -0.39 is 5.60 Å². The molecule has 0 aromatic heterocycles. The fraction of sp³-hybridized carbons (Fsp3) is 0.900. The molecule has 1 heterocycles. The lowest BCUT2D eigenvalue weighted by atomic mass is 9.65. The predicted octanol–water partition coefficient (Wildman–Crippen LogP) is 4.91. The minimum Gasteiger partial charge on any atom is -0.444 e. The summed E-state index contributed by atoms with van der Waals surface area (Å²) in [4.78, 5) is 26.3. The normalized spacial score (nSPS) is 26.7. The van der Waals surface area contributed by atoms with Crippen molar-refractivity contribution in [1.29, 1.82) is 0 Å². The SMILES string of the molecule is CC1(C)CC(C=O)C(C)(C)CC(C)(C)CN(C(=O)OC(C)(C)C)C1. The number of carbonyl (C=O) groups is 2. The summed E-state index contributed by atoms with van der Waals surface area (Å²) >= 11 is 0. The molecule has 140 valence electrons. The van der Waals surface area contributed by atoms with E-state index in [0.29, 0.717) is 13.1 Å². The van der Waals surface area contributed by atoms with Crippen molar-refractivity contribution in [3.05, 3.63) is 0 Å². The molecular weight excluding hydrogens is 302 g/mol. The molecular formula is C20H37NO3. The van der Waals surface area contributed by atoms with Gasteiger partial charge in [-0.25, -0.2) is 4.79 Å². The van der Waals surface area contributed by atoms with Gasteiger partial charge in [0.05, 0.1) is 0 Å². The molecule has 0 aromatic rings. The molecule has 0 aromatic carbocycles. The lowest BCUT2D eigenvalue weighted by molar-refractivity contribution is -0.116. The van der Waals surface area contributed by atoms with Gasteiger partial charge < -0.3 is 14.4 Å². The molecule has 1 aliphatic rings. The fourth-order valence-corrected chi connectivity index (χ4v) is 4.13. The summed E-state index contributed by atoms with van der Waals surface area (Å²) in [7, 11) is 0. The van der Waals surface area contributed by atoms with E-state index in [9.17, 15) is 9.59 Å². The van der Waals surface area contributed by atoms with Crippen LogP contribution in [0.25, 0.3) is 0 Å². The summed E-state index contributed by atoms with van der Waals surface area (Å²) < 4.78 is 5.62. The third-order valence-electron chi connectivity index (χ3n) is 4.76. The molecule has 0 spiro atoms. The van der Waals surface area contributed by atoms with Crippen molar-refractivity contribution in [2.75, 3.05) is 13.1 Å². The van der Waals surface area contributed by atoms with Gasteiger partial charge in [-0.1, -0.05) is 41.5 Å². The summed E-state index contributed by atoms with van der Waals surface area (Å²) in [5.74, 6) is -0.00892. The summed E-state index contributed by atoms with van der Waals surface area (Å²) in [5.41, 5.74) is -0.816. The Bertz CT molecular complexity index is 472.